The van der Waals surface area contributed by atoms with Crippen LogP contribution in [-0.2, 0) is 4.79 Å². The van der Waals surface area contributed by atoms with Gasteiger partial charge in [-0.1, -0.05) is 12.1 Å². The third-order valence-corrected chi connectivity index (χ3v) is 4.79. The summed E-state index contributed by atoms with van der Waals surface area (Å²) in [6.07, 6.45) is -0.530. The molecule has 26 heavy (non-hydrogen) atoms. The number of pyridine rings is 1. The third kappa shape index (κ3) is 3.52. The van der Waals surface area contributed by atoms with Gasteiger partial charge >= 0.3 is 0 Å². The van der Waals surface area contributed by atoms with E-state index in [1.807, 2.05) is 18.2 Å². The van der Waals surface area contributed by atoms with Crippen molar-refractivity contribution in [2.24, 2.45) is 5.41 Å². The van der Waals surface area contributed by atoms with E-state index >= 15 is 0 Å². The van der Waals surface area contributed by atoms with Crippen LogP contribution < -0.4 is 5.32 Å². The fraction of sp³-hybridized carbons (Fsp3) is 0.421. The lowest BCUT2D eigenvalue weighted by atomic mass is 9.92. The fourth-order valence-corrected chi connectivity index (χ4v) is 2.92. The molecule has 138 valence electrons. The predicted molar refractivity (Wildman–Crippen MR) is 94.0 cm³/mol. The average molecular weight is 361 g/mol. The van der Waals surface area contributed by atoms with E-state index in [-0.39, 0.29) is 11.9 Å². The number of halogens is 2. The van der Waals surface area contributed by atoms with Gasteiger partial charge in [-0.2, -0.15) is 0 Å². The molecule has 1 aromatic heterocycles. The van der Waals surface area contributed by atoms with Gasteiger partial charge in [-0.3, -0.25) is 14.6 Å². The molecule has 1 aromatic carbocycles. The maximum absolute atomic E-state index is 13.0. The van der Waals surface area contributed by atoms with E-state index in [1.54, 1.807) is 23.2 Å². The molecule has 0 bridgehead atoms. The van der Waals surface area contributed by atoms with Gasteiger partial charge in [-0.25, -0.2) is 8.78 Å². The van der Waals surface area contributed by atoms with E-state index in [4.69, 9.17) is 0 Å². The first-order valence-electron chi connectivity index (χ1n) is 8.52. The number of fused-ring (bicyclic) bond motifs is 1. The summed E-state index contributed by atoms with van der Waals surface area (Å²) in [4.78, 5) is 30.6. The van der Waals surface area contributed by atoms with Gasteiger partial charge in [0, 0.05) is 36.3 Å². The number of carbonyl (C=O) groups is 2. The van der Waals surface area contributed by atoms with Crippen LogP contribution >= 0.6 is 0 Å². The summed E-state index contributed by atoms with van der Waals surface area (Å²) in [5.41, 5.74) is -0.487. The number of likely N-dealkylation sites (tertiary alicyclic amines) is 1. The number of hydrogen-bond acceptors (Lipinski definition) is 3. The predicted octanol–water partition coefficient (Wildman–Crippen LogP) is 2.86. The van der Waals surface area contributed by atoms with Crippen LogP contribution in [0.5, 0.6) is 0 Å². The van der Waals surface area contributed by atoms with Crippen molar-refractivity contribution in [3.8, 4) is 0 Å². The molecule has 0 radical (unpaired) electrons. The highest BCUT2D eigenvalue weighted by atomic mass is 19.3. The van der Waals surface area contributed by atoms with Gasteiger partial charge in [0.25, 0.3) is 12.3 Å². The second-order valence-corrected chi connectivity index (χ2v) is 7.14. The summed E-state index contributed by atoms with van der Waals surface area (Å²) >= 11 is 0. The van der Waals surface area contributed by atoms with E-state index in [0.29, 0.717) is 25.1 Å². The van der Waals surface area contributed by atoms with E-state index in [0.717, 1.165) is 10.9 Å². The molecule has 0 saturated carbocycles. The van der Waals surface area contributed by atoms with Crippen molar-refractivity contribution in [3.05, 3.63) is 42.1 Å². The smallest absolute Gasteiger partial charge is 0.254 e. The van der Waals surface area contributed by atoms with Crippen molar-refractivity contribution >= 4 is 22.7 Å². The Morgan fingerprint density at radius 1 is 1.31 bits per heavy atom. The summed E-state index contributed by atoms with van der Waals surface area (Å²) in [5, 5.41) is 3.59. The van der Waals surface area contributed by atoms with Crippen LogP contribution in [0.1, 0.15) is 30.6 Å². The molecule has 1 atom stereocenters. The standard InChI is InChI=1S/C19H21F2N3O2/c1-19(2,17(20)21)18(26)23-14-7-9-24(11-14)16(25)13-6-5-12-4-3-8-22-15(12)10-13/h3-6,8,10,14,17H,7,9,11H2,1-2H3,(H,23,26). The van der Waals surface area contributed by atoms with Crippen LogP contribution in [0.2, 0.25) is 0 Å². The van der Waals surface area contributed by atoms with Crippen LogP contribution in [0.25, 0.3) is 10.9 Å². The number of aromatic nitrogens is 1. The summed E-state index contributed by atoms with van der Waals surface area (Å²) in [5.74, 6) is -0.843. The van der Waals surface area contributed by atoms with Crippen molar-refractivity contribution in [2.75, 3.05) is 13.1 Å². The number of nitrogens with zero attached hydrogens (tertiary/aromatic N) is 2. The Kier molecular flexibility index (Phi) is 4.89. The fourth-order valence-electron chi connectivity index (χ4n) is 2.92. The lowest BCUT2D eigenvalue weighted by Crippen LogP contribution is -2.47. The lowest BCUT2D eigenvalue weighted by Gasteiger charge is -2.25. The Morgan fingerprint density at radius 2 is 2.08 bits per heavy atom. The van der Waals surface area contributed by atoms with E-state index < -0.39 is 17.7 Å². The zero-order valence-corrected chi connectivity index (χ0v) is 14.7. The second kappa shape index (κ2) is 6.97. The van der Waals surface area contributed by atoms with E-state index in [1.165, 1.54) is 13.8 Å². The number of carbonyl (C=O) groups excluding carboxylic acids is 2. The Morgan fingerprint density at radius 3 is 2.81 bits per heavy atom. The molecule has 1 unspecified atom stereocenters. The molecule has 7 heteroatoms. The first-order valence-corrected chi connectivity index (χ1v) is 8.52. The molecule has 5 nitrogen and oxygen atoms in total. The normalized spacial score (nSPS) is 17.7. The zero-order valence-electron chi connectivity index (χ0n) is 14.7. The number of benzene rings is 1. The number of alkyl halides is 2. The molecule has 1 saturated heterocycles. The largest absolute Gasteiger partial charge is 0.351 e. The Bertz CT molecular complexity index is 838. The lowest BCUT2D eigenvalue weighted by molar-refractivity contribution is -0.138. The first kappa shape index (κ1) is 18.2. The monoisotopic (exact) mass is 361 g/mol. The van der Waals surface area contributed by atoms with Crippen molar-refractivity contribution < 1.29 is 18.4 Å². The molecule has 1 N–H and O–H groups in total. The number of nitrogens with one attached hydrogen (secondary N) is 1. The van der Waals surface area contributed by atoms with Gasteiger partial charge in [0.05, 0.1) is 5.52 Å². The Balaban J connectivity index is 1.66. The van der Waals surface area contributed by atoms with Crippen LogP contribution in [0.4, 0.5) is 8.78 Å². The van der Waals surface area contributed by atoms with Gasteiger partial charge in [-0.15, -0.1) is 0 Å². The highest BCUT2D eigenvalue weighted by Crippen LogP contribution is 2.26. The number of rotatable bonds is 4. The van der Waals surface area contributed by atoms with Gasteiger partial charge in [0.15, 0.2) is 0 Å². The maximum atomic E-state index is 13.0. The molecular weight excluding hydrogens is 340 g/mol. The van der Waals surface area contributed by atoms with Crippen molar-refractivity contribution in [1.82, 2.24) is 15.2 Å². The molecule has 0 aliphatic carbocycles. The molecule has 1 aliphatic heterocycles. The van der Waals surface area contributed by atoms with Gasteiger partial charge in [0.1, 0.15) is 5.41 Å². The van der Waals surface area contributed by atoms with Crippen molar-refractivity contribution in [2.45, 2.75) is 32.7 Å². The van der Waals surface area contributed by atoms with Crippen LogP contribution in [0, 0.1) is 5.41 Å². The zero-order chi connectivity index (χ0) is 18.9. The topological polar surface area (TPSA) is 62.3 Å². The summed E-state index contributed by atoms with van der Waals surface area (Å²) in [6.45, 7) is 3.21. The minimum Gasteiger partial charge on any atom is -0.351 e. The molecule has 1 aliphatic rings. The van der Waals surface area contributed by atoms with Crippen molar-refractivity contribution in [1.29, 1.82) is 0 Å². The minimum absolute atomic E-state index is 0.151. The highest BCUT2D eigenvalue weighted by Gasteiger charge is 2.39. The summed E-state index contributed by atoms with van der Waals surface area (Å²) in [7, 11) is 0. The van der Waals surface area contributed by atoms with Crippen LogP contribution in [-0.4, -0.2) is 47.3 Å². The Labute approximate surface area is 150 Å². The first-order chi connectivity index (χ1) is 12.3. The number of amides is 2. The number of hydrogen-bond donors (Lipinski definition) is 1. The summed E-state index contributed by atoms with van der Waals surface area (Å²) < 4.78 is 25.9. The van der Waals surface area contributed by atoms with Gasteiger partial charge in [0.2, 0.25) is 5.91 Å². The highest BCUT2D eigenvalue weighted by molar-refractivity contribution is 5.98. The molecule has 2 aromatic rings. The van der Waals surface area contributed by atoms with Crippen LogP contribution in [0.3, 0.4) is 0 Å². The van der Waals surface area contributed by atoms with E-state index in [2.05, 4.69) is 10.3 Å². The molecular formula is C19H21F2N3O2. The minimum atomic E-state index is -2.74. The molecule has 3 rings (SSSR count). The van der Waals surface area contributed by atoms with Crippen molar-refractivity contribution in [3.63, 3.8) is 0 Å². The Hall–Kier alpha value is -2.57. The van der Waals surface area contributed by atoms with E-state index in [9.17, 15) is 18.4 Å². The molecule has 2 amide bonds. The quantitative estimate of drug-likeness (QED) is 0.911. The summed E-state index contributed by atoms with van der Waals surface area (Å²) in [6, 6.07) is 8.77. The molecule has 1 fully saturated rings. The average Bonchev–Trinajstić information content (AvgIpc) is 3.08. The molecule has 2 heterocycles. The van der Waals surface area contributed by atoms with Gasteiger partial charge < -0.3 is 10.2 Å². The SMILES string of the molecule is CC(C)(C(=O)NC1CCN(C(=O)c2ccc3cccnc3c2)C1)C(F)F. The molecule has 0 spiro atoms. The third-order valence-electron chi connectivity index (χ3n) is 4.79. The second-order valence-electron chi connectivity index (χ2n) is 7.14. The maximum Gasteiger partial charge on any atom is 0.254 e. The van der Waals surface area contributed by atoms with Gasteiger partial charge in [-0.05, 0) is 38.5 Å². The van der Waals surface area contributed by atoms with Crippen LogP contribution in [0.15, 0.2) is 36.5 Å².